The van der Waals surface area contributed by atoms with Crippen LogP contribution in [0.15, 0.2) is 78.9 Å². The van der Waals surface area contributed by atoms with Gasteiger partial charge in [0.05, 0.1) is 0 Å². The maximum absolute atomic E-state index is 2.56. The third kappa shape index (κ3) is 6.11. The van der Waals surface area contributed by atoms with Crippen molar-refractivity contribution in [3.05, 3.63) is 112 Å². The number of aryl methyl sites for hydroxylation is 6. The van der Waals surface area contributed by atoms with E-state index in [0.29, 0.717) is 27.5 Å². The fourth-order valence-electron chi connectivity index (χ4n) is 7.65. The average molecular weight is 630 g/mol. The molecule has 0 bridgehead atoms. The van der Waals surface area contributed by atoms with Crippen molar-refractivity contribution in [3.63, 3.8) is 0 Å². The normalized spacial score (nSPS) is 23.4. The van der Waals surface area contributed by atoms with Gasteiger partial charge < -0.3 is 37.2 Å². The predicted octanol–water partition coefficient (Wildman–Crippen LogP) is -2.27. The van der Waals surface area contributed by atoms with Gasteiger partial charge in [-0.25, -0.2) is 0 Å². The molecule has 5 unspecified atom stereocenters. The molecule has 5 heteroatoms. The van der Waals surface area contributed by atoms with E-state index in [2.05, 4.69) is 148 Å². The van der Waals surface area contributed by atoms with Crippen molar-refractivity contribution < 1.29 is 57.7 Å². The number of hydrogen-bond donors (Lipinski definition) is 0. The van der Waals surface area contributed by atoms with E-state index in [-0.39, 0.29) is 37.2 Å². The van der Waals surface area contributed by atoms with Gasteiger partial charge in [-0.05, 0) is 0 Å². The van der Waals surface area contributed by atoms with Crippen LogP contribution in [-0.2, 0) is 20.4 Å². The molecule has 0 radical (unpaired) electrons. The van der Waals surface area contributed by atoms with Gasteiger partial charge in [-0.2, -0.15) is 0 Å². The van der Waals surface area contributed by atoms with Gasteiger partial charge in [-0.1, -0.05) is 0 Å². The van der Waals surface area contributed by atoms with Crippen molar-refractivity contribution in [3.8, 4) is 0 Å². The van der Waals surface area contributed by atoms with Gasteiger partial charge >= 0.3 is 232 Å². The van der Waals surface area contributed by atoms with Gasteiger partial charge in [0, 0.05) is 0 Å². The Kier molecular flexibility index (Phi) is 11.6. The molecular formula is C34H39Cl3SiTi. The summed E-state index contributed by atoms with van der Waals surface area (Å²) in [5.74, 6) is 1.81. The third-order valence-corrected chi connectivity index (χ3v) is 15.6. The van der Waals surface area contributed by atoms with Gasteiger partial charge in [0.1, 0.15) is 0 Å². The van der Waals surface area contributed by atoms with Crippen LogP contribution < -0.4 is 52.8 Å². The molecule has 0 spiro atoms. The topological polar surface area (TPSA) is 0 Å². The molecule has 0 amide bonds. The zero-order valence-electron chi connectivity index (χ0n) is 24.0. The van der Waals surface area contributed by atoms with Crippen molar-refractivity contribution >= 4 is 23.6 Å². The molecule has 5 atom stereocenters. The minimum Gasteiger partial charge on any atom is -1.00 e. The smallest absolute Gasteiger partial charge is 1.00 e. The Hall–Kier alpha value is -1.06. The van der Waals surface area contributed by atoms with Crippen LogP contribution in [0.25, 0.3) is 0 Å². The molecule has 0 saturated heterocycles. The molecule has 5 rings (SSSR count). The van der Waals surface area contributed by atoms with Crippen LogP contribution in [0.5, 0.6) is 0 Å². The zero-order valence-corrected chi connectivity index (χ0v) is 28.9. The van der Waals surface area contributed by atoms with E-state index in [9.17, 15) is 0 Å². The summed E-state index contributed by atoms with van der Waals surface area (Å²) < 4.78 is 0.663. The average Bonchev–Trinajstić information content (AvgIpc) is 3.04. The van der Waals surface area contributed by atoms with E-state index in [1.54, 1.807) is 15.6 Å². The Bertz CT molecular complexity index is 1190. The first-order valence-corrected chi connectivity index (χ1v) is 16.4. The van der Waals surface area contributed by atoms with E-state index < -0.39 is 8.07 Å². The molecule has 3 aromatic rings. The van der Waals surface area contributed by atoms with Crippen LogP contribution in [0.4, 0.5) is 0 Å². The Balaban J connectivity index is 0.00000178. The summed E-state index contributed by atoms with van der Waals surface area (Å²) >= 11 is 2.51. The first-order chi connectivity index (χ1) is 17.1. The van der Waals surface area contributed by atoms with Crippen molar-refractivity contribution in [1.29, 1.82) is 0 Å². The van der Waals surface area contributed by atoms with Crippen LogP contribution in [0.3, 0.4) is 0 Å². The number of hydrogen-bond acceptors (Lipinski definition) is 0. The molecule has 0 N–H and O–H groups in total. The molecule has 2 aliphatic rings. The summed E-state index contributed by atoms with van der Waals surface area (Å²) in [5, 5.41) is 4.76. The fourth-order valence-corrected chi connectivity index (χ4v) is 15.6. The summed E-state index contributed by atoms with van der Waals surface area (Å²) in [5.41, 5.74) is 8.86. The quantitative estimate of drug-likeness (QED) is 0.226. The van der Waals surface area contributed by atoms with Crippen LogP contribution in [-0.4, -0.2) is 8.07 Å². The first kappa shape index (κ1) is 34.1. The van der Waals surface area contributed by atoms with Gasteiger partial charge in [-0.15, -0.1) is 0 Å². The van der Waals surface area contributed by atoms with Gasteiger partial charge in [-0.3, -0.25) is 0 Å². The van der Waals surface area contributed by atoms with E-state index in [0.717, 1.165) is 0 Å². The predicted molar refractivity (Wildman–Crippen MR) is 154 cm³/mol. The minimum atomic E-state index is -2.48. The first-order valence-electron chi connectivity index (χ1n) is 13.4. The Labute approximate surface area is 267 Å². The van der Waals surface area contributed by atoms with E-state index in [1.807, 2.05) is 0 Å². The Morgan fingerprint density at radius 3 is 1.15 bits per heavy atom. The summed E-state index contributed by atoms with van der Waals surface area (Å²) in [6.07, 6.45) is 9.68. The summed E-state index contributed by atoms with van der Waals surface area (Å²) in [6, 6.07) is 22.3. The van der Waals surface area contributed by atoms with Crippen LogP contribution in [0, 0.1) is 59.3 Å². The molecule has 0 heterocycles. The second-order valence-corrected chi connectivity index (χ2v) is 16.8. The Morgan fingerprint density at radius 1 is 0.513 bits per heavy atom. The SMILES string of the molecule is Cc1cc(C)cc([Si](c2cc(C)cc(C)c2)(c2cc(C)cc(C)c2)C2C(C)[CH]([Ti+3])C3C=CC=CC32)c1.[Cl-].[Cl-].[Cl-]. The fraction of sp³-hybridized carbons (Fsp3) is 0.353. The molecule has 0 nitrogen and oxygen atoms in total. The summed E-state index contributed by atoms with van der Waals surface area (Å²) in [6.45, 7) is 16.3. The zero-order chi connectivity index (χ0) is 25.8. The summed E-state index contributed by atoms with van der Waals surface area (Å²) in [7, 11) is -2.48. The van der Waals surface area contributed by atoms with Gasteiger partial charge in [0.25, 0.3) is 0 Å². The van der Waals surface area contributed by atoms with Crippen molar-refractivity contribution in [1.82, 2.24) is 0 Å². The van der Waals surface area contributed by atoms with Crippen molar-refractivity contribution in [2.45, 2.75) is 58.2 Å². The van der Waals surface area contributed by atoms with Crippen LogP contribution >= 0.6 is 0 Å². The van der Waals surface area contributed by atoms with E-state index in [1.165, 1.54) is 33.4 Å². The van der Waals surface area contributed by atoms with E-state index in [4.69, 9.17) is 0 Å². The maximum atomic E-state index is 2.56. The van der Waals surface area contributed by atoms with Crippen molar-refractivity contribution in [2.75, 3.05) is 0 Å². The van der Waals surface area contributed by atoms with Gasteiger partial charge in [0.15, 0.2) is 0 Å². The maximum Gasteiger partial charge on any atom is -1.00 e. The number of benzene rings is 3. The minimum absolute atomic E-state index is 0. The summed E-state index contributed by atoms with van der Waals surface area (Å²) in [4.78, 5) is 0. The van der Waals surface area contributed by atoms with Gasteiger partial charge in [0.2, 0.25) is 0 Å². The number of halogens is 3. The molecule has 1 saturated carbocycles. The molecule has 2 aliphatic carbocycles. The molecule has 1 fully saturated rings. The standard InChI is InChI=1S/C34H39Si.3ClH.Ti/c1-22-12-23(2)16-30(15-22)35(31-17-24(3)13-25(4)18-31,32-19-26(5)14-27(6)20-32)34-28(7)21-29-10-8-9-11-33(29)34;;;;/h8-21,28-29,33-34H,1-7H3;3*1H;/q;;;;+3/p-3. The molecule has 0 aromatic heterocycles. The molecule has 0 aliphatic heterocycles. The third-order valence-electron chi connectivity index (χ3n) is 8.72. The largest absolute Gasteiger partial charge is 1.00 e. The number of rotatable bonds is 4. The molecule has 3 aromatic carbocycles. The number of allylic oxidation sites excluding steroid dienone is 4. The van der Waals surface area contributed by atoms with Crippen LogP contribution in [0.1, 0.15) is 40.3 Å². The monoisotopic (exact) mass is 628 g/mol. The molecule has 39 heavy (non-hydrogen) atoms. The second kappa shape index (κ2) is 13.3. The molecule has 204 valence electrons. The molecular weight excluding hydrogens is 591 g/mol. The Morgan fingerprint density at radius 2 is 0.821 bits per heavy atom. The van der Waals surface area contributed by atoms with E-state index >= 15 is 0 Å². The number of fused-ring (bicyclic) bond motifs is 1. The van der Waals surface area contributed by atoms with Crippen LogP contribution in [0.2, 0.25) is 9.76 Å². The van der Waals surface area contributed by atoms with Crippen molar-refractivity contribution in [2.24, 2.45) is 17.8 Å². The second-order valence-electron chi connectivity index (χ2n) is 11.8.